The van der Waals surface area contributed by atoms with Crippen molar-refractivity contribution in [2.45, 2.75) is 45.4 Å². The summed E-state index contributed by atoms with van der Waals surface area (Å²) in [5, 5.41) is 0.195. The van der Waals surface area contributed by atoms with E-state index >= 15 is 0 Å². The van der Waals surface area contributed by atoms with Crippen molar-refractivity contribution in [1.29, 1.82) is 0 Å². The van der Waals surface area contributed by atoms with Crippen molar-refractivity contribution in [3.63, 3.8) is 0 Å². The third-order valence-corrected chi connectivity index (χ3v) is 3.16. The summed E-state index contributed by atoms with van der Waals surface area (Å²) in [4.78, 5) is 0. The van der Waals surface area contributed by atoms with Gasteiger partial charge in [0.1, 0.15) is 6.26 Å². The van der Waals surface area contributed by atoms with Gasteiger partial charge in [-0.1, -0.05) is 27.2 Å². The van der Waals surface area contributed by atoms with Crippen LogP contribution >= 0.6 is 11.6 Å². The van der Waals surface area contributed by atoms with Crippen molar-refractivity contribution in [3.05, 3.63) is 22.9 Å². The van der Waals surface area contributed by atoms with E-state index in [1.54, 1.807) is 0 Å². The van der Waals surface area contributed by atoms with Gasteiger partial charge >= 0.3 is 0 Å². The number of halogens is 2. The molecular weight excluding hydrogens is 203 g/mol. The molecule has 80 valence electrons. The smallest absolute Gasteiger partial charge is 0.199 e. The average Bonchev–Trinajstić information content (AvgIpc) is 2.47. The molecule has 1 heterocycles. The van der Waals surface area contributed by atoms with Crippen LogP contribution in [-0.4, -0.2) is 0 Å². The van der Waals surface area contributed by atoms with Crippen molar-refractivity contribution in [2.24, 2.45) is 0 Å². The summed E-state index contributed by atoms with van der Waals surface area (Å²) in [6.45, 7) is 6.15. The largest absolute Gasteiger partial charge is 0.449 e. The Kier molecular flexibility index (Phi) is 3.59. The third-order valence-electron chi connectivity index (χ3n) is 2.89. The van der Waals surface area contributed by atoms with Gasteiger partial charge in [0, 0.05) is 0 Å². The van der Waals surface area contributed by atoms with Gasteiger partial charge in [-0.3, -0.25) is 0 Å². The molecule has 1 aromatic heterocycles. The van der Waals surface area contributed by atoms with E-state index in [-0.39, 0.29) is 16.5 Å². The molecule has 0 aromatic carbocycles. The summed E-state index contributed by atoms with van der Waals surface area (Å²) in [7, 11) is 0. The molecule has 1 rings (SSSR count). The first-order valence-corrected chi connectivity index (χ1v) is 5.36. The van der Waals surface area contributed by atoms with E-state index in [4.69, 9.17) is 16.0 Å². The maximum Gasteiger partial charge on any atom is 0.199 e. The summed E-state index contributed by atoms with van der Waals surface area (Å²) in [6.07, 6.45) is 3.86. The van der Waals surface area contributed by atoms with E-state index in [9.17, 15) is 4.39 Å². The van der Waals surface area contributed by atoms with Crippen LogP contribution in [0.15, 0.2) is 10.7 Å². The van der Waals surface area contributed by atoms with E-state index in [0.717, 1.165) is 25.5 Å². The quantitative estimate of drug-likeness (QED) is 0.723. The highest BCUT2D eigenvalue weighted by molar-refractivity contribution is 6.29. The van der Waals surface area contributed by atoms with Gasteiger partial charge in [-0.05, 0) is 29.9 Å². The summed E-state index contributed by atoms with van der Waals surface area (Å²) in [5.41, 5.74) is 0.326. The van der Waals surface area contributed by atoms with Gasteiger partial charge < -0.3 is 4.42 Å². The first kappa shape index (κ1) is 11.6. The predicted molar refractivity (Wildman–Crippen MR) is 56.2 cm³/mol. The van der Waals surface area contributed by atoms with Crippen LogP contribution in [0.2, 0.25) is 5.22 Å². The zero-order chi connectivity index (χ0) is 10.8. The van der Waals surface area contributed by atoms with Crippen molar-refractivity contribution >= 4 is 11.6 Å². The fraction of sp³-hybridized carbons (Fsp3) is 0.636. The molecule has 0 radical (unpaired) electrons. The number of hydrogen-bond acceptors (Lipinski definition) is 1. The van der Waals surface area contributed by atoms with Gasteiger partial charge in [-0.25, -0.2) is 4.39 Å². The molecule has 1 nitrogen and oxygen atoms in total. The Bertz CT molecular complexity index is 289. The molecule has 14 heavy (non-hydrogen) atoms. The molecule has 1 unspecified atom stereocenters. The molecule has 0 aliphatic rings. The standard InChI is InChI=1S/C11H16ClFO/c1-4-6-11(3,5-2)9-8(13)7-14-10(9)12/h7H,4-6H2,1-3H3. The minimum absolute atomic E-state index is 0.195. The monoisotopic (exact) mass is 218 g/mol. The van der Waals surface area contributed by atoms with E-state index in [1.807, 2.05) is 13.8 Å². The van der Waals surface area contributed by atoms with Crippen LogP contribution in [0.3, 0.4) is 0 Å². The third kappa shape index (κ3) is 1.95. The maximum atomic E-state index is 13.4. The number of furan rings is 1. The molecule has 0 amide bonds. The lowest BCUT2D eigenvalue weighted by molar-refractivity contribution is 0.395. The summed E-state index contributed by atoms with van der Waals surface area (Å²) < 4.78 is 18.3. The van der Waals surface area contributed by atoms with Crippen molar-refractivity contribution < 1.29 is 8.81 Å². The highest BCUT2D eigenvalue weighted by Gasteiger charge is 2.31. The highest BCUT2D eigenvalue weighted by Crippen LogP contribution is 2.39. The summed E-state index contributed by atoms with van der Waals surface area (Å²) >= 11 is 5.84. The second kappa shape index (κ2) is 4.35. The SMILES string of the molecule is CCCC(C)(CC)c1c(F)coc1Cl. The van der Waals surface area contributed by atoms with Crippen LogP contribution < -0.4 is 0 Å². The van der Waals surface area contributed by atoms with Crippen LogP contribution in [0.4, 0.5) is 4.39 Å². The zero-order valence-electron chi connectivity index (χ0n) is 8.86. The zero-order valence-corrected chi connectivity index (χ0v) is 9.62. The minimum Gasteiger partial charge on any atom is -0.449 e. The Hall–Kier alpha value is -0.500. The molecular formula is C11H16ClFO. The number of rotatable bonds is 4. The molecule has 0 aliphatic heterocycles. The van der Waals surface area contributed by atoms with Gasteiger partial charge in [0.15, 0.2) is 11.0 Å². The fourth-order valence-corrected chi connectivity index (χ4v) is 2.23. The van der Waals surface area contributed by atoms with Crippen LogP contribution in [0.25, 0.3) is 0 Å². The number of hydrogen-bond donors (Lipinski definition) is 0. The van der Waals surface area contributed by atoms with Gasteiger partial charge in [-0.2, -0.15) is 0 Å². The molecule has 1 atom stereocenters. The predicted octanol–water partition coefficient (Wildman–Crippen LogP) is 4.54. The molecule has 0 saturated carbocycles. The molecule has 0 N–H and O–H groups in total. The Morgan fingerprint density at radius 1 is 1.50 bits per heavy atom. The van der Waals surface area contributed by atoms with Gasteiger partial charge in [-0.15, -0.1) is 0 Å². The summed E-state index contributed by atoms with van der Waals surface area (Å²) in [5.74, 6) is -0.326. The average molecular weight is 219 g/mol. The van der Waals surface area contributed by atoms with Gasteiger partial charge in [0.05, 0.1) is 5.56 Å². The maximum absolute atomic E-state index is 13.4. The first-order chi connectivity index (χ1) is 6.55. The molecule has 1 aromatic rings. The van der Waals surface area contributed by atoms with Crippen molar-refractivity contribution in [3.8, 4) is 0 Å². The fourth-order valence-electron chi connectivity index (χ4n) is 1.87. The lowest BCUT2D eigenvalue weighted by atomic mass is 9.77. The minimum atomic E-state index is -0.326. The molecule has 0 bridgehead atoms. The molecule has 0 aliphatic carbocycles. The summed E-state index contributed by atoms with van der Waals surface area (Å²) in [6, 6.07) is 0. The second-order valence-electron chi connectivity index (χ2n) is 3.90. The Morgan fingerprint density at radius 3 is 2.50 bits per heavy atom. The topological polar surface area (TPSA) is 13.1 Å². The Balaban J connectivity index is 3.11. The molecule has 0 saturated heterocycles. The second-order valence-corrected chi connectivity index (χ2v) is 4.24. The van der Waals surface area contributed by atoms with E-state index in [2.05, 4.69) is 6.92 Å². The molecule has 0 spiro atoms. The van der Waals surface area contributed by atoms with Crippen LogP contribution in [0, 0.1) is 5.82 Å². The van der Waals surface area contributed by atoms with Crippen LogP contribution in [0.1, 0.15) is 45.6 Å². The van der Waals surface area contributed by atoms with Crippen molar-refractivity contribution in [2.75, 3.05) is 0 Å². The van der Waals surface area contributed by atoms with Crippen molar-refractivity contribution in [1.82, 2.24) is 0 Å². The van der Waals surface area contributed by atoms with Gasteiger partial charge in [0.25, 0.3) is 0 Å². The normalized spacial score (nSPS) is 15.5. The van der Waals surface area contributed by atoms with E-state index in [1.165, 1.54) is 0 Å². The lowest BCUT2D eigenvalue weighted by Crippen LogP contribution is -2.21. The highest BCUT2D eigenvalue weighted by atomic mass is 35.5. The molecule has 0 fully saturated rings. The van der Waals surface area contributed by atoms with Crippen LogP contribution in [-0.2, 0) is 5.41 Å². The van der Waals surface area contributed by atoms with E-state index < -0.39 is 0 Å². The lowest BCUT2D eigenvalue weighted by Gasteiger charge is -2.26. The Morgan fingerprint density at radius 2 is 2.14 bits per heavy atom. The van der Waals surface area contributed by atoms with Gasteiger partial charge in [0.2, 0.25) is 0 Å². The first-order valence-electron chi connectivity index (χ1n) is 4.98. The van der Waals surface area contributed by atoms with Crippen LogP contribution in [0.5, 0.6) is 0 Å². The Labute approximate surface area is 89.2 Å². The van der Waals surface area contributed by atoms with E-state index in [0.29, 0.717) is 5.56 Å². The molecule has 3 heteroatoms.